The molecule has 4 nitrogen and oxygen atoms in total. The van der Waals surface area contributed by atoms with Gasteiger partial charge in [-0.2, -0.15) is 0 Å². The lowest BCUT2D eigenvalue weighted by Crippen LogP contribution is -2.38. The summed E-state index contributed by atoms with van der Waals surface area (Å²) in [5, 5.41) is 2.65. The number of hydrogen-bond acceptors (Lipinski definition) is 2. The standard InChI is InChI=1S/C20H19FN2O2/c1-3-19(24)22-17-6-4-5-15(12-17)20(25)23-10-9-14-11-16(21)7-8-18(14)13(23)2/h3-8,11-13H,1,9-10H2,2H3,(H,22,24). The van der Waals surface area contributed by atoms with Gasteiger partial charge in [-0.25, -0.2) is 4.39 Å². The van der Waals surface area contributed by atoms with Crippen molar-refractivity contribution < 1.29 is 14.0 Å². The van der Waals surface area contributed by atoms with Crippen LogP contribution in [0.25, 0.3) is 0 Å². The molecule has 1 heterocycles. The molecule has 0 aliphatic carbocycles. The first kappa shape index (κ1) is 16.9. The molecule has 1 unspecified atom stereocenters. The third kappa shape index (κ3) is 3.45. The number of amides is 2. The summed E-state index contributed by atoms with van der Waals surface area (Å²) in [6, 6.07) is 11.4. The van der Waals surface area contributed by atoms with E-state index in [-0.39, 0.29) is 23.7 Å². The molecule has 1 atom stereocenters. The highest BCUT2D eigenvalue weighted by atomic mass is 19.1. The molecule has 128 valence electrons. The minimum Gasteiger partial charge on any atom is -0.332 e. The molecule has 0 saturated carbocycles. The average Bonchev–Trinajstić information content (AvgIpc) is 2.61. The maximum atomic E-state index is 13.4. The Morgan fingerprint density at radius 2 is 2.08 bits per heavy atom. The van der Waals surface area contributed by atoms with Gasteiger partial charge in [0, 0.05) is 17.8 Å². The molecule has 1 aliphatic heterocycles. The van der Waals surface area contributed by atoms with Gasteiger partial charge in [0.05, 0.1) is 6.04 Å². The second-order valence-electron chi connectivity index (χ2n) is 6.04. The fourth-order valence-corrected chi connectivity index (χ4v) is 3.17. The molecule has 2 amide bonds. The van der Waals surface area contributed by atoms with Crippen LogP contribution in [0.4, 0.5) is 10.1 Å². The van der Waals surface area contributed by atoms with Gasteiger partial charge in [0.25, 0.3) is 5.91 Å². The average molecular weight is 338 g/mol. The summed E-state index contributed by atoms with van der Waals surface area (Å²) in [6.45, 7) is 5.88. The third-order valence-electron chi connectivity index (χ3n) is 4.47. The minimum absolute atomic E-state index is 0.114. The van der Waals surface area contributed by atoms with Crippen molar-refractivity contribution in [3.8, 4) is 0 Å². The van der Waals surface area contributed by atoms with Crippen LogP contribution in [0.1, 0.15) is 34.5 Å². The first-order valence-corrected chi connectivity index (χ1v) is 8.12. The Hall–Kier alpha value is -2.95. The lowest BCUT2D eigenvalue weighted by Gasteiger charge is -2.35. The van der Waals surface area contributed by atoms with Gasteiger partial charge in [0.2, 0.25) is 5.91 Å². The van der Waals surface area contributed by atoms with Gasteiger partial charge >= 0.3 is 0 Å². The van der Waals surface area contributed by atoms with Crippen LogP contribution >= 0.6 is 0 Å². The van der Waals surface area contributed by atoms with Crippen molar-refractivity contribution in [2.24, 2.45) is 0 Å². The Labute approximate surface area is 146 Å². The van der Waals surface area contributed by atoms with E-state index in [1.54, 1.807) is 41.3 Å². The van der Waals surface area contributed by atoms with E-state index in [0.717, 1.165) is 11.1 Å². The second kappa shape index (κ2) is 6.89. The molecule has 0 spiro atoms. The van der Waals surface area contributed by atoms with Gasteiger partial charge < -0.3 is 10.2 Å². The van der Waals surface area contributed by atoms with Gasteiger partial charge in [-0.15, -0.1) is 0 Å². The molecule has 25 heavy (non-hydrogen) atoms. The van der Waals surface area contributed by atoms with E-state index in [1.165, 1.54) is 12.1 Å². The van der Waals surface area contributed by atoms with E-state index in [1.807, 2.05) is 6.92 Å². The molecule has 2 aromatic rings. The molecule has 0 bridgehead atoms. The van der Waals surface area contributed by atoms with Crippen LogP contribution < -0.4 is 5.32 Å². The Kier molecular flexibility index (Phi) is 4.65. The van der Waals surface area contributed by atoms with Crippen molar-refractivity contribution in [2.45, 2.75) is 19.4 Å². The molecule has 1 aliphatic rings. The summed E-state index contributed by atoms with van der Waals surface area (Å²) < 4.78 is 13.4. The van der Waals surface area contributed by atoms with E-state index in [2.05, 4.69) is 11.9 Å². The Morgan fingerprint density at radius 3 is 2.84 bits per heavy atom. The summed E-state index contributed by atoms with van der Waals surface area (Å²) in [4.78, 5) is 26.1. The smallest absolute Gasteiger partial charge is 0.254 e. The van der Waals surface area contributed by atoms with Gasteiger partial charge in [-0.05, 0) is 60.9 Å². The van der Waals surface area contributed by atoms with Crippen molar-refractivity contribution >= 4 is 17.5 Å². The normalized spacial score (nSPS) is 16.1. The number of benzene rings is 2. The number of halogens is 1. The summed E-state index contributed by atoms with van der Waals surface area (Å²) in [5.41, 5.74) is 2.96. The molecule has 3 rings (SSSR count). The first-order valence-electron chi connectivity index (χ1n) is 8.12. The first-order chi connectivity index (χ1) is 12.0. The van der Waals surface area contributed by atoms with Gasteiger partial charge in [0.1, 0.15) is 5.82 Å². The number of carbonyl (C=O) groups is 2. The predicted octanol–water partition coefficient (Wildman–Crippen LogP) is 3.71. The van der Waals surface area contributed by atoms with Gasteiger partial charge in [0.15, 0.2) is 0 Å². The summed E-state index contributed by atoms with van der Waals surface area (Å²) in [6.07, 6.45) is 1.80. The topological polar surface area (TPSA) is 49.4 Å². The van der Waals surface area contributed by atoms with Crippen molar-refractivity contribution in [2.75, 3.05) is 11.9 Å². The van der Waals surface area contributed by atoms with Crippen LogP contribution in [0.3, 0.4) is 0 Å². The number of hydrogen-bond donors (Lipinski definition) is 1. The van der Waals surface area contributed by atoms with Crippen molar-refractivity contribution in [3.05, 3.63) is 77.6 Å². The van der Waals surface area contributed by atoms with Crippen LogP contribution in [0.2, 0.25) is 0 Å². The molecule has 2 aromatic carbocycles. The molecular weight excluding hydrogens is 319 g/mol. The van der Waals surface area contributed by atoms with Crippen LogP contribution in [0.15, 0.2) is 55.1 Å². The lowest BCUT2D eigenvalue weighted by atomic mass is 9.93. The number of anilines is 1. The fraction of sp³-hybridized carbons (Fsp3) is 0.200. The quantitative estimate of drug-likeness (QED) is 0.868. The number of nitrogens with one attached hydrogen (secondary N) is 1. The van der Waals surface area contributed by atoms with E-state index >= 15 is 0 Å². The summed E-state index contributed by atoms with van der Waals surface area (Å²) in [7, 11) is 0. The lowest BCUT2D eigenvalue weighted by molar-refractivity contribution is -0.111. The van der Waals surface area contributed by atoms with Crippen molar-refractivity contribution in [3.63, 3.8) is 0 Å². The van der Waals surface area contributed by atoms with E-state index in [0.29, 0.717) is 24.2 Å². The van der Waals surface area contributed by atoms with Crippen LogP contribution in [0.5, 0.6) is 0 Å². The van der Waals surface area contributed by atoms with Crippen LogP contribution in [0, 0.1) is 5.82 Å². The highest BCUT2D eigenvalue weighted by Gasteiger charge is 2.28. The largest absolute Gasteiger partial charge is 0.332 e. The fourth-order valence-electron chi connectivity index (χ4n) is 3.17. The highest BCUT2D eigenvalue weighted by Crippen LogP contribution is 2.31. The SMILES string of the molecule is C=CC(=O)Nc1cccc(C(=O)N2CCc3cc(F)ccc3C2C)c1. The monoisotopic (exact) mass is 338 g/mol. The summed E-state index contributed by atoms with van der Waals surface area (Å²) in [5.74, 6) is -0.694. The van der Waals surface area contributed by atoms with E-state index in [4.69, 9.17) is 0 Å². The molecule has 5 heteroatoms. The zero-order chi connectivity index (χ0) is 18.0. The number of carbonyl (C=O) groups excluding carboxylic acids is 2. The maximum Gasteiger partial charge on any atom is 0.254 e. The highest BCUT2D eigenvalue weighted by molar-refractivity contribution is 6.01. The predicted molar refractivity (Wildman–Crippen MR) is 94.8 cm³/mol. The summed E-state index contributed by atoms with van der Waals surface area (Å²) >= 11 is 0. The molecule has 1 N–H and O–H groups in total. The Bertz CT molecular complexity index is 847. The Morgan fingerprint density at radius 1 is 1.28 bits per heavy atom. The Balaban J connectivity index is 1.84. The zero-order valence-corrected chi connectivity index (χ0v) is 14.0. The molecule has 0 radical (unpaired) electrons. The molecular formula is C20H19FN2O2. The van der Waals surface area contributed by atoms with Gasteiger partial charge in [-0.3, -0.25) is 9.59 Å². The van der Waals surface area contributed by atoms with Crippen molar-refractivity contribution in [1.82, 2.24) is 4.90 Å². The van der Waals surface area contributed by atoms with Crippen LogP contribution in [-0.4, -0.2) is 23.3 Å². The number of fused-ring (bicyclic) bond motifs is 1. The minimum atomic E-state index is -0.327. The van der Waals surface area contributed by atoms with Crippen LogP contribution in [-0.2, 0) is 11.2 Å². The third-order valence-corrected chi connectivity index (χ3v) is 4.47. The van der Waals surface area contributed by atoms with E-state index in [9.17, 15) is 14.0 Å². The van der Waals surface area contributed by atoms with Crippen molar-refractivity contribution in [1.29, 1.82) is 0 Å². The molecule has 0 aromatic heterocycles. The maximum absolute atomic E-state index is 13.4. The van der Waals surface area contributed by atoms with E-state index < -0.39 is 0 Å². The number of nitrogens with zero attached hydrogens (tertiary/aromatic N) is 1. The molecule has 0 fully saturated rings. The van der Waals surface area contributed by atoms with Gasteiger partial charge in [-0.1, -0.05) is 18.7 Å². The number of rotatable bonds is 3. The molecule has 0 saturated heterocycles. The second-order valence-corrected chi connectivity index (χ2v) is 6.04. The zero-order valence-electron chi connectivity index (χ0n) is 14.0.